The highest BCUT2D eigenvalue weighted by molar-refractivity contribution is 6.11. The van der Waals surface area contributed by atoms with Crippen LogP contribution in [0, 0.1) is 0 Å². The molecule has 0 radical (unpaired) electrons. The molecule has 9 aromatic rings. The second kappa shape index (κ2) is 11.0. The van der Waals surface area contributed by atoms with E-state index >= 15 is 0 Å². The van der Waals surface area contributed by atoms with Crippen LogP contribution in [0.1, 0.15) is 0 Å². The van der Waals surface area contributed by atoms with Crippen LogP contribution in [-0.2, 0) is 0 Å². The molecule has 8 aromatic carbocycles. The normalized spacial score (nSPS) is 11.8. The Kier molecular flexibility index (Phi) is 6.18. The number of benzene rings is 8. The van der Waals surface area contributed by atoms with Crippen molar-refractivity contribution < 1.29 is 4.74 Å². The molecule has 3 nitrogen and oxygen atoms in total. The molecule has 49 heavy (non-hydrogen) atoms. The summed E-state index contributed by atoms with van der Waals surface area (Å²) in [5.41, 5.74) is 11.6. The Hall–Kier alpha value is -6.58. The molecular formula is C46H30N2O. The minimum absolute atomic E-state index is 0.897. The van der Waals surface area contributed by atoms with Gasteiger partial charge in [0, 0.05) is 44.5 Å². The van der Waals surface area contributed by atoms with Gasteiger partial charge in [0.2, 0.25) is 0 Å². The number of hydrogen-bond donors (Lipinski definition) is 0. The zero-order chi connectivity index (χ0) is 32.3. The third kappa shape index (κ3) is 4.44. The molecule has 0 unspecified atom stereocenters. The molecular weight excluding hydrogens is 597 g/mol. The van der Waals surface area contributed by atoms with Crippen LogP contribution in [0.15, 0.2) is 182 Å². The van der Waals surface area contributed by atoms with Crippen molar-refractivity contribution in [2.75, 3.05) is 4.90 Å². The van der Waals surface area contributed by atoms with E-state index in [-0.39, 0.29) is 0 Å². The number of hydrogen-bond acceptors (Lipinski definition) is 2. The summed E-state index contributed by atoms with van der Waals surface area (Å²) in [4.78, 5) is 2.30. The number of aromatic nitrogens is 1. The highest BCUT2D eigenvalue weighted by Crippen LogP contribution is 2.48. The third-order valence-electron chi connectivity index (χ3n) is 9.76. The molecule has 0 fully saturated rings. The van der Waals surface area contributed by atoms with E-state index in [1.54, 1.807) is 0 Å². The lowest BCUT2D eigenvalue weighted by atomic mass is 9.92. The van der Waals surface area contributed by atoms with E-state index in [1.165, 1.54) is 49.3 Å². The molecule has 0 atom stereocenters. The molecule has 0 N–H and O–H groups in total. The summed E-state index contributed by atoms with van der Waals surface area (Å²) in [6.07, 6.45) is 0. The van der Waals surface area contributed by atoms with Crippen LogP contribution in [0.3, 0.4) is 0 Å². The van der Waals surface area contributed by atoms with E-state index in [1.807, 2.05) is 0 Å². The van der Waals surface area contributed by atoms with Crippen molar-refractivity contribution in [2.45, 2.75) is 0 Å². The standard InChI is InChI=1S/C46H30N2O/c1-3-13-34(14-4-1)47(35-15-5-2-6-16-35)36-23-25-37(26-24-36)48-42-19-8-7-17-38(42)40-29-32(21-27-43(40)48)33-22-28-44-41(30-33)39-18-9-11-31-12-10-20-45(49-44)46(31)39/h1-30H. The van der Waals surface area contributed by atoms with Crippen LogP contribution in [0.25, 0.3) is 60.5 Å². The van der Waals surface area contributed by atoms with Crippen LogP contribution in [-0.4, -0.2) is 4.57 Å². The number of rotatable bonds is 5. The SMILES string of the molecule is c1ccc(N(c2ccccc2)c2ccc(-n3c4ccccc4c4cc(-c5ccc6c(c5)-c5cccc7cccc(c57)O6)ccc43)cc2)cc1. The fourth-order valence-electron chi connectivity index (χ4n) is 7.53. The quantitative estimate of drug-likeness (QED) is 0.189. The molecule has 3 heteroatoms. The van der Waals surface area contributed by atoms with Crippen molar-refractivity contribution in [1.82, 2.24) is 4.57 Å². The summed E-state index contributed by atoms with van der Waals surface area (Å²) < 4.78 is 8.77. The van der Waals surface area contributed by atoms with Gasteiger partial charge in [-0.05, 0) is 107 Å². The number of nitrogens with zero attached hydrogens (tertiary/aromatic N) is 2. The molecule has 10 rings (SSSR count). The Balaban J connectivity index is 1.08. The van der Waals surface area contributed by atoms with Gasteiger partial charge in [-0.2, -0.15) is 0 Å². The Morgan fingerprint density at radius 3 is 1.82 bits per heavy atom. The molecule has 0 spiro atoms. The van der Waals surface area contributed by atoms with Gasteiger partial charge in [0.1, 0.15) is 11.5 Å². The predicted molar refractivity (Wildman–Crippen MR) is 204 cm³/mol. The molecule has 0 bridgehead atoms. The van der Waals surface area contributed by atoms with Crippen LogP contribution in [0.4, 0.5) is 17.1 Å². The summed E-state index contributed by atoms with van der Waals surface area (Å²) >= 11 is 0. The molecule has 0 amide bonds. The van der Waals surface area contributed by atoms with Crippen LogP contribution in [0.5, 0.6) is 11.5 Å². The first-order chi connectivity index (χ1) is 24.3. The van der Waals surface area contributed by atoms with E-state index in [2.05, 4.69) is 191 Å². The van der Waals surface area contributed by atoms with Gasteiger partial charge in [-0.25, -0.2) is 0 Å². The van der Waals surface area contributed by atoms with Gasteiger partial charge < -0.3 is 14.2 Å². The number of para-hydroxylation sites is 3. The minimum Gasteiger partial charge on any atom is -0.456 e. The first kappa shape index (κ1) is 27.5. The number of anilines is 3. The second-order valence-electron chi connectivity index (χ2n) is 12.6. The summed E-state index contributed by atoms with van der Waals surface area (Å²) in [6, 6.07) is 64.9. The largest absolute Gasteiger partial charge is 0.456 e. The van der Waals surface area contributed by atoms with E-state index in [9.17, 15) is 0 Å². The molecule has 0 saturated carbocycles. The summed E-state index contributed by atoms with van der Waals surface area (Å²) in [5.74, 6) is 1.82. The van der Waals surface area contributed by atoms with Crippen molar-refractivity contribution in [3.63, 3.8) is 0 Å². The van der Waals surface area contributed by atoms with Crippen molar-refractivity contribution in [1.29, 1.82) is 0 Å². The van der Waals surface area contributed by atoms with Crippen LogP contribution in [0.2, 0.25) is 0 Å². The predicted octanol–water partition coefficient (Wildman–Crippen LogP) is 12.8. The molecule has 1 aliphatic rings. The van der Waals surface area contributed by atoms with Gasteiger partial charge in [0.05, 0.1) is 11.0 Å². The summed E-state index contributed by atoms with van der Waals surface area (Å²) in [6.45, 7) is 0. The van der Waals surface area contributed by atoms with Gasteiger partial charge in [0.15, 0.2) is 0 Å². The van der Waals surface area contributed by atoms with E-state index in [4.69, 9.17) is 4.74 Å². The lowest BCUT2D eigenvalue weighted by Crippen LogP contribution is -2.09. The maximum Gasteiger partial charge on any atom is 0.135 e. The van der Waals surface area contributed by atoms with Crippen LogP contribution >= 0.6 is 0 Å². The maximum absolute atomic E-state index is 6.39. The van der Waals surface area contributed by atoms with Gasteiger partial charge in [-0.15, -0.1) is 0 Å². The fourth-order valence-corrected chi connectivity index (χ4v) is 7.53. The van der Waals surface area contributed by atoms with Crippen LogP contribution < -0.4 is 9.64 Å². The van der Waals surface area contributed by atoms with Gasteiger partial charge in [-0.1, -0.05) is 97.1 Å². The number of ether oxygens (including phenoxy) is 1. The van der Waals surface area contributed by atoms with Gasteiger partial charge in [-0.3, -0.25) is 0 Å². The Morgan fingerprint density at radius 2 is 1.04 bits per heavy atom. The zero-order valence-corrected chi connectivity index (χ0v) is 26.6. The summed E-state index contributed by atoms with van der Waals surface area (Å²) in [5, 5.41) is 4.84. The Labute approximate surface area is 284 Å². The molecule has 1 aliphatic heterocycles. The number of fused-ring (bicyclic) bond motifs is 5. The average Bonchev–Trinajstić information content (AvgIpc) is 3.50. The summed E-state index contributed by atoms with van der Waals surface area (Å²) in [7, 11) is 0. The lowest BCUT2D eigenvalue weighted by Gasteiger charge is -2.25. The monoisotopic (exact) mass is 626 g/mol. The first-order valence-electron chi connectivity index (χ1n) is 16.7. The third-order valence-corrected chi connectivity index (χ3v) is 9.76. The second-order valence-corrected chi connectivity index (χ2v) is 12.6. The van der Waals surface area contributed by atoms with E-state index < -0.39 is 0 Å². The maximum atomic E-state index is 6.39. The zero-order valence-electron chi connectivity index (χ0n) is 26.6. The van der Waals surface area contributed by atoms with Gasteiger partial charge >= 0.3 is 0 Å². The highest BCUT2D eigenvalue weighted by Gasteiger charge is 2.21. The molecule has 1 aromatic heterocycles. The molecule has 0 aliphatic carbocycles. The fraction of sp³-hybridized carbons (Fsp3) is 0. The molecule has 0 saturated heterocycles. The van der Waals surface area contributed by atoms with Crippen molar-refractivity contribution in [3.8, 4) is 39.4 Å². The Morgan fingerprint density at radius 1 is 0.408 bits per heavy atom. The highest BCUT2D eigenvalue weighted by atomic mass is 16.5. The lowest BCUT2D eigenvalue weighted by molar-refractivity contribution is 0.487. The molecule has 230 valence electrons. The van der Waals surface area contributed by atoms with E-state index in [0.29, 0.717) is 0 Å². The molecule has 2 heterocycles. The topological polar surface area (TPSA) is 17.4 Å². The van der Waals surface area contributed by atoms with E-state index in [0.717, 1.165) is 39.8 Å². The smallest absolute Gasteiger partial charge is 0.135 e. The van der Waals surface area contributed by atoms with Crippen molar-refractivity contribution >= 4 is 49.6 Å². The van der Waals surface area contributed by atoms with Gasteiger partial charge in [0.25, 0.3) is 0 Å². The minimum atomic E-state index is 0.897. The average molecular weight is 627 g/mol. The first-order valence-corrected chi connectivity index (χ1v) is 16.7. The Bertz CT molecular complexity index is 2630. The van der Waals surface area contributed by atoms with Crippen molar-refractivity contribution in [2.24, 2.45) is 0 Å². The van der Waals surface area contributed by atoms with Crippen molar-refractivity contribution in [3.05, 3.63) is 182 Å².